The molecule has 0 spiro atoms. The Labute approximate surface area is 110 Å². The Balaban J connectivity index is 2.69. The van der Waals surface area contributed by atoms with E-state index < -0.39 is 11.7 Å². The number of nitrogens with one attached hydrogen (secondary N) is 1. The van der Waals surface area contributed by atoms with Crippen LogP contribution in [0.4, 0.5) is 9.93 Å². The number of anilines is 1. The fraction of sp³-hybridized carbons (Fsp3) is 0.636. The summed E-state index contributed by atoms with van der Waals surface area (Å²) < 4.78 is 6.31. The summed E-state index contributed by atoms with van der Waals surface area (Å²) in [7, 11) is 0. The van der Waals surface area contributed by atoms with Gasteiger partial charge in [0.2, 0.25) is 0 Å². The standard InChI is InChI=1S/C11H18N2O2S2/c1-6-7-8(16-5)17-9(12-7)13-10(14)15-11(2,3)4/h6H2,1-5H3,(H,12,13,14). The van der Waals surface area contributed by atoms with Crippen LogP contribution in [0.5, 0.6) is 0 Å². The normalized spacial score (nSPS) is 11.4. The molecule has 0 aromatic carbocycles. The number of aromatic nitrogens is 1. The van der Waals surface area contributed by atoms with Crippen molar-refractivity contribution in [3.63, 3.8) is 0 Å². The summed E-state index contributed by atoms with van der Waals surface area (Å²) in [6, 6.07) is 0. The van der Waals surface area contributed by atoms with Gasteiger partial charge in [0.1, 0.15) is 5.60 Å². The summed E-state index contributed by atoms with van der Waals surface area (Å²) in [6.07, 6.45) is 2.41. The first kappa shape index (κ1) is 14.3. The average molecular weight is 274 g/mol. The summed E-state index contributed by atoms with van der Waals surface area (Å²) in [4.78, 5) is 15.9. The van der Waals surface area contributed by atoms with Crippen molar-refractivity contribution >= 4 is 34.3 Å². The zero-order valence-electron chi connectivity index (χ0n) is 10.8. The van der Waals surface area contributed by atoms with Crippen LogP contribution in [0.3, 0.4) is 0 Å². The number of carbonyl (C=O) groups is 1. The molecule has 0 aliphatic heterocycles. The first-order valence-electron chi connectivity index (χ1n) is 5.39. The van der Waals surface area contributed by atoms with Gasteiger partial charge < -0.3 is 4.74 Å². The topological polar surface area (TPSA) is 51.2 Å². The Hall–Kier alpha value is -0.750. The summed E-state index contributed by atoms with van der Waals surface area (Å²) in [5, 5.41) is 3.26. The molecule has 17 heavy (non-hydrogen) atoms. The fourth-order valence-corrected chi connectivity index (χ4v) is 2.93. The number of hydrogen-bond acceptors (Lipinski definition) is 5. The average Bonchev–Trinajstić information content (AvgIpc) is 2.56. The SMILES string of the molecule is CCc1nc(NC(=O)OC(C)(C)C)sc1SC. The predicted molar refractivity (Wildman–Crippen MR) is 73.1 cm³/mol. The van der Waals surface area contributed by atoms with Crippen LogP contribution in [0.15, 0.2) is 4.21 Å². The number of carbonyl (C=O) groups excluding carboxylic acids is 1. The highest BCUT2D eigenvalue weighted by atomic mass is 32.2. The molecule has 0 fully saturated rings. The van der Waals surface area contributed by atoms with E-state index in [1.807, 2.05) is 34.0 Å². The molecular formula is C11H18N2O2S2. The van der Waals surface area contributed by atoms with E-state index in [2.05, 4.69) is 10.3 Å². The zero-order valence-corrected chi connectivity index (χ0v) is 12.4. The van der Waals surface area contributed by atoms with Gasteiger partial charge in [-0.25, -0.2) is 9.78 Å². The monoisotopic (exact) mass is 274 g/mol. The third-order valence-electron chi connectivity index (χ3n) is 1.79. The molecule has 4 nitrogen and oxygen atoms in total. The van der Waals surface area contributed by atoms with Gasteiger partial charge >= 0.3 is 6.09 Å². The van der Waals surface area contributed by atoms with Crippen molar-refractivity contribution in [3.05, 3.63) is 5.69 Å². The van der Waals surface area contributed by atoms with Gasteiger partial charge in [-0.3, -0.25) is 5.32 Å². The molecule has 96 valence electrons. The molecule has 1 N–H and O–H groups in total. The Morgan fingerprint density at radius 2 is 2.18 bits per heavy atom. The quantitative estimate of drug-likeness (QED) is 0.852. The van der Waals surface area contributed by atoms with Gasteiger partial charge in [-0.2, -0.15) is 0 Å². The lowest BCUT2D eigenvalue weighted by molar-refractivity contribution is 0.0636. The van der Waals surface area contributed by atoms with Crippen molar-refractivity contribution < 1.29 is 9.53 Å². The minimum absolute atomic E-state index is 0.457. The highest BCUT2D eigenvalue weighted by molar-refractivity contribution is 8.00. The van der Waals surface area contributed by atoms with E-state index >= 15 is 0 Å². The molecule has 6 heteroatoms. The van der Waals surface area contributed by atoms with E-state index in [9.17, 15) is 4.79 Å². The largest absolute Gasteiger partial charge is 0.444 e. The third kappa shape index (κ3) is 4.55. The summed E-state index contributed by atoms with van der Waals surface area (Å²) in [5.41, 5.74) is 0.533. The summed E-state index contributed by atoms with van der Waals surface area (Å²) in [6.45, 7) is 7.55. The maximum Gasteiger partial charge on any atom is 0.413 e. The van der Waals surface area contributed by atoms with Crippen molar-refractivity contribution in [2.75, 3.05) is 11.6 Å². The van der Waals surface area contributed by atoms with E-state index in [0.29, 0.717) is 5.13 Å². The molecule has 0 saturated carbocycles. The molecule has 0 atom stereocenters. The van der Waals surface area contributed by atoms with Crippen LogP contribution in [0.2, 0.25) is 0 Å². The van der Waals surface area contributed by atoms with E-state index in [4.69, 9.17) is 4.74 Å². The number of amides is 1. The van der Waals surface area contributed by atoms with Crippen LogP contribution in [0.1, 0.15) is 33.4 Å². The number of thiazole rings is 1. The van der Waals surface area contributed by atoms with Crippen LogP contribution in [0.25, 0.3) is 0 Å². The molecule has 1 rings (SSSR count). The van der Waals surface area contributed by atoms with Crippen LogP contribution in [-0.2, 0) is 11.2 Å². The molecule has 0 saturated heterocycles. The highest BCUT2D eigenvalue weighted by Crippen LogP contribution is 2.31. The van der Waals surface area contributed by atoms with Gasteiger partial charge in [-0.15, -0.1) is 11.8 Å². The van der Waals surface area contributed by atoms with Gasteiger partial charge in [-0.1, -0.05) is 18.3 Å². The number of hydrogen-bond donors (Lipinski definition) is 1. The van der Waals surface area contributed by atoms with Crippen molar-refractivity contribution in [3.8, 4) is 0 Å². The molecule has 1 heterocycles. The van der Waals surface area contributed by atoms with Crippen molar-refractivity contribution in [1.82, 2.24) is 4.98 Å². The second kappa shape index (κ2) is 5.73. The lowest BCUT2D eigenvalue weighted by atomic mass is 10.2. The Morgan fingerprint density at radius 3 is 2.59 bits per heavy atom. The lowest BCUT2D eigenvalue weighted by Gasteiger charge is -2.18. The molecule has 1 aromatic rings. The van der Waals surface area contributed by atoms with Crippen LogP contribution >= 0.6 is 23.1 Å². The molecule has 0 bridgehead atoms. The van der Waals surface area contributed by atoms with Crippen LogP contribution in [0, 0.1) is 0 Å². The molecule has 1 amide bonds. The van der Waals surface area contributed by atoms with Crippen LogP contribution < -0.4 is 5.32 Å². The molecular weight excluding hydrogens is 256 g/mol. The predicted octanol–water partition coefficient (Wildman–Crippen LogP) is 3.77. The first-order valence-corrected chi connectivity index (χ1v) is 7.43. The maximum atomic E-state index is 11.6. The molecule has 0 aliphatic carbocycles. The number of thioether (sulfide) groups is 1. The summed E-state index contributed by atoms with van der Waals surface area (Å²) >= 11 is 3.12. The third-order valence-corrected chi connectivity index (χ3v) is 3.95. The van der Waals surface area contributed by atoms with Gasteiger partial charge in [0.15, 0.2) is 5.13 Å². The van der Waals surface area contributed by atoms with Gasteiger partial charge in [0, 0.05) is 0 Å². The fourth-order valence-electron chi connectivity index (χ4n) is 1.17. The molecule has 1 aromatic heterocycles. The Morgan fingerprint density at radius 1 is 1.53 bits per heavy atom. The minimum atomic E-state index is -0.489. The number of nitrogens with zero attached hydrogens (tertiary/aromatic N) is 1. The molecule has 0 aliphatic rings. The molecule has 0 unspecified atom stereocenters. The Kier molecular flexibility index (Phi) is 4.82. The second-order valence-electron chi connectivity index (χ2n) is 4.44. The van der Waals surface area contributed by atoms with Crippen molar-refractivity contribution in [2.24, 2.45) is 0 Å². The smallest absolute Gasteiger partial charge is 0.413 e. The molecule has 0 radical (unpaired) electrons. The number of ether oxygens (including phenoxy) is 1. The Bertz CT molecular complexity index is 375. The van der Waals surface area contributed by atoms with Gasteiger partial charge in [0.25, 0.3) is 0 Å². The van der Waals surface area contributed by atoms with E-state index in [1.165, 1.54) is 11.3 Å². The van der Waals surface area contributed by atoms with Crippen LogP contribution in [-0.4, -0.2) is 22.9 Å². The van der Waals surface area contributed by atoms with Gasteiger partial charge in [0.05, 0.1) is 9.90 Å². The van der Waals surface area contributed by atoms with Crippen molar-refractivity contribution in [1.29, 1.82) is 0 Å². The number of aryl methyl sites for hydroxylation is 1. The van der Waals surface area contributed by atoms with E-state index in [-0.39, 0.29) is 0 Å². The zero-order chi connectivity index (χ0) is 13.1. The minimum Gasteiger partial charge on any atom is -0.444 e. The first-order chi connectivity index (χ1) is 7.85. The second-order valence-corrected chi connectivity index (χ2v) is 6.51. The highest BCUT2D eigenvalue weighted by Gasteiger charge is 2.18. The lowest BCUT2D eigenvalue weighted by Crippen LogP contribution is -2.27. The van der Waals surface area contributed by atoms with Gasteiger partial charge in [-0.05, 0) is 33.4 Å². The number of rotatable bonds is 3. The van der Waals surface area contributed by atoms with E-state index in [1.54, 1.807) is 11.8 Å². The maximum absolute atomic E-state index is 11.6. The van der Waals surface area contributed by atoms with E-state index in [0.717, 1.165) is 16.3 Å². The van der Waals surface area contributed by atoms with Crippen molar-refractivity contribution in [2.45, 2.75) is 43.9 Å². The summed E-state index contributed by atoms with van der Waals surface area (Å²) in [5.74, 6) is 0.